The van der Waals surface area contributed by atoms with Gasteiger partial charge in [0.05, 0.1) is 10.9 Å². The predicted molar refractivity (Wildman–Crippen MR) is 80.9 cm³/mol. The second kappa shape index (κ2) is 5.43. The molecule has 122 valence electrons. The summed E-state index contributed by atoms with van der Waals surface area (Å²) in [5.41, 5.74) is -0.490. The fourth-order valence-electron chi connectivity index (χ4n) is 3.20. The number of aliphatic hydroxyl groups excluding tert-OH is 1. The van der Waals surface area contributed by atoms with Gasteiger partial charge < -0.3 is 15.5 Å². The van der Waals surface area contributed by atoms with Crippen LogP contribution in [0.4, 0.5) is 0 Å². The second-order valence-corrected chi connectivity index (χ2v) is 9.28. The van der Waals surface area contributed by atoms with Crippen molar-refractivity contribution in [3.63, 3.8) is 0 Å². The van der Waals surface area contributed by atoms with Crippen molar-refractivity contribution in [3.8, 4) is 0 Å². The Kier molecular flexibility index (Phi) is 3.99. The Labute approximate surface area is 136 Å². The van der Waals surface area contributed by atoms with Crippen molar-refractivity contribution in [2.24, 2.45) is 11.3 Å². The Bertz CT molecular complexity index is 719. The summed E-state index contributed by atoms with van der Waals surface area (Å²) in [5, 5.41) is 22.0. The lowest BCUT2D eigenvalue weighted by Gasteiger charge is -2.25. The van der Waals surface area contributed by atoms with Crippen molar-refractivity contribution in [1.82, 2.24) is 9.62 Å². The number of thiophene rings is 1. The van der Waals surface area contributed by atoms with Gasteiger partial charge in [-0.25, -0.2) is 13.2 Å². The highest BCUT2D eigenvalue weighted by Gasteiger charge is 2.52. The van der Waals surface area contributed by atoms with Crippen molar-refractivity contribution in [2.75, 3.05) is 32.8 Å². The molecule has 2 aliphatic heterocycles. The average Bonchev–Trinajstić information content (AvgIpc) is 3.09. The molecule has 0 radical (unpaired) electrons. The van der Waals surface area contributed by atoms with Gasteiger partial charge in [0.1, 0.15) is 9.77 Å². The smallest absolute Gasteiger partial charge is 0.347 e. The van der Waals surface area contributed by atoms with E-state index in [0.29, 0.717) is 13.1 Å². The van der Waals surface area contributed by atoms with Crippen molar-refractivity contribution in [3.05, 3.63) is 15.3 Å². The van der Waals surface area contributed by atoms with E-state index >= 15 is 0 Å². The summed E-state index contributed by atoms with van der Waals surface area (Å²) < 4.78 is 26.9. The fraction of sp³-hybridized carbons (Fsp3) is 0.583. The minimum atomic E-state index is -3.94. The Morgan fingerprint density at radius 2 is 2.32 bits per heavy atom. The topological polar surface area (TPSA) is 107 Å². The summed E-state index contributed by atoms with van der Waals surface area (Å²) in [5.74, 6) is -1.29. The number of carbonyl (C=O) groups is 1. The number of nitrogens with zero attached hydrogens (tertiary/aromatic N) is 1. The van der Waals surface area contributed by atoms with Gasteiger partial charge in [-0.2, -0.15) is 4.31 Å². The number of carboxylic acids is 1. The summed E-state index contributed by atoms with van der Waals surface area (Å²) in [6.45, 7) is 1.53. The number of aliphatic hydroxyl groups is 1. The summed E-state index contributed by atoms with van der Waals surface area (Å²) in [4.78, 5) is 10.7. The van der Waals surface area contributed by atoms with Crippen molar-refractivity contribution >= 4 is 38.9 Å². The SMILES string of the molecule is O=C(O)c1sc(Cl)cc1S(=O)(=O)N1CC2CNCC2(CO)C1. The molecule has 2 aliphatic rings. The Hall–Kier alpha value is -0.710. The molecule has 2 saturated heterocycles. The summed E-state index contributed by atoms with van der Waals surface area (Å²) in [7, 11) is -3.94. The normalized spacial score (nSPS) is 28.9. The van der Waals surface area contributed by atoms with Crippen LogP contribution in [-0.4, -0.2) is 61.7 Å². The van der Waals surface area contributed by atoms with E-state index in [0.717, 1.165) is 11.3 Å². The molecule has 1 aromatic rings. The molecular formula is C12H15ClN2O5S2. The van der Waals surface area contributed by atoms with Gasteiger partial charge >= 0.3 is 5.97 Å². The first-order valence-electron chi connectivity index (χ1n) is 6.64. The molecule has 2 fully saturated rings. The molecule has 1 aromatic heterocycles. The third-order valence-electron chi connectivity index (χ3n) is 4.44. The number of hydrogen-bond donors (Lipinski definition) is 3. The maximum absolute atomic E-state index is 12.8. The lowest BCUT2D eigenvalue weighted by Crippen LogP contribution is -2.38. The summed E-state index contributed by atoms with van der Waals surface area (Å²) >= 11 is 6.53. The number of halogens is 1. The Morgan fingerprint density at radius 3 is 2.91 bits per heavy atom. The third-order valence-corrected chi connectivity index (χ3v) is 7.66. The zero-order valence-corrected chi connectivity index (χ0v) is 13.8. The van der Waals surface area contributed by atoms with Gasteiger partial charge in [-0.3, -0.25) is 0 Å². The summed E-state index contributed by atoms with van der Waals surface area (Å²) in [6, 6.07) is 1.18. The van der Waals surface area contributed by atoms with E-state index in [9.17, 15) is 18.3 Å². The molecule has 7 nitrogen and oxygen atoms in total. The van der Waals surface area contributed by atoms with Crippen LogP contribution in [0.2, 0.25) is 4.34 Å². The molecular weight excluding hydrogens is 352 g/mol. The van der Waals surface area contributed by atoms with Crippen LogP contribution in [-0.2, 0) is 10.0 Å². The van der Waals surface area contributed by atoms with Crippen LogP contribution < -0.4 is 5.32 Å². The van der Waals surface area contributed by atoms with Crippen LogP contribution >= 0.6 is 22.9 Å². The maximum Gasteiger partial charge on any atom is 0.347 e. The molecule has 2 atom stereocenters. The highest BCUT2D eigenvalue weighted by molar-refractivity contribution is 7.89. The first kappa shape index (κ1) is 16.2. The van der Waals surface area contributed by atoms with Gasteiger partial charge in [0.15, 0.2) is 0 Å². The first-order chi connectivity index (χ1) is 10.3. The number of nitrogens with one attached hydrogen (secondary N) is 1. The lowest BCUT2D eigenvalue weighted by atomic mass is 9.82. The number of aromatic carboxylic acids is 1. The van der Waals surface area contributed by atoms with Crippen LogP contribution in [0.3, 0.4) is 0 Å². The molecule has 0 aliphatic carbocycles. The number of hydrogen-bond acceptors (Lipinski definition) is 6. The molecule has 2 unspecified atom stereocenters. The van der Waals surface area contributed by atoms with Gasteiger partial charge in [0.2, 0.25) is 10.0 Å². The van der Waals surface area contributed by atoms with E-state index in [-0.39, 0.29) is 39.7 Å². The first-order valence-corrected chi connectivity index (χ1v) is 9.28. The van der Waals surface area contributed by atoms with E-state index < -0.39 is 21.4 Å². The van der Waals surface area contributed by atoms with Crippen LogP contribution in [0.1, 0.15) is 9.67 Å². The lowest BCUT2D eigenvalue weighted by molar-refractivity contribution is 0.0698. The zero-order chi connectivity index (χ0) is 16.1. The zero-order valence-electron chi connectivity index (χ0n) is 11.5. The van der Waals surface area contributed by atoms with Crippen molar-refractivity contribution < 1.29 is 23.4 Å². The largest absolute Gasteiger partial charge is 0.477 e. The third kappa shape index (κ3) is 2.36. The summed E-state index contributed by atoms with van der Waals surface area (Å²) in [6.07, 6.45) is 0. The molecule has 3 rings (SSSR count). The van der Waals surface area contributed by atoms with Gasteiger partial charge in [0.25, 0.3) is 0 Å². The standard InChI is InChI=1S/C12H15ClN2O5S2/c13-9-1-8(10(21-9)11(17)18)22(19,20)15-3-7-2-14-4-12(7,5-15)6-16/h1,7,14,16H,2-6H2,(H,17,18). The molecule has 0 bridgehead atoms. The van der Waals surface area contributed by atoms with E-state index in [4.69, 9.17) is 16.7 Å². The monoisotopic (exact) mass is 366 g/mol. The predicted octanol–water partition coefficient (Wildman–Crippen LogP) is 0.302. The quantitative estimate of drug-likeness (QED) is 0.707. The molecule has 3 heterocycles. The van der Waals surface area contributed by atoms with E-state index in [1.54, 1.807) is 0 Å². The van der Waals surface area contributed by atoms with E-state index in [1.807, 2.05) is 0 Å². The average molecular weight is 367 g/mol. The Balaban J connectivity index is 1.97. The number of fused-ring (bicyclic) bond motifs is 1. The molecule has 10 heteroatoms. The molecule has 0 saturated carbocycles. The number of carboxylic acid groups (broad SMARTS) is 1. The molecule has 3 N–H and O–H groups in total. The van der Waals surface area contributed by atoms with Crippen LogP contribution in [0.25, 0.3) is 0 Å². The van der Waals surface area contributed by atoms with E-state index in [1.165, 1.54) is 10.4 Å². The van der Waals surface area contributed by atoms with Crippen molar-refractivity contribution in [2.45, 2.75) is 4.90 Å². The number of sulfonamides is 1. The minimum absolute atomic E-state index is 0.0228. The highest BCUT2D eigenvalue weighted by atomic mass is 35.5. The van der Waals surface area contributed by atoms with Gasteiger partial charge in [-0.15, -0.1) is 11.3 Å². The maximum atomic E-state index is 12.8. The van der Waals surface area contributed by atoms with E-state index in [2.05, 4.69) is 5.32 Å². The van der Waals surface area contributed by atoms with Crippen LogP contribution in [0.5, 0.6) is 0 Å². The molecule has 0 aromatic carbocycles. The fourth-order valence-corrected chi connectivity index (χ4v) is 6.41. The number of rotatable bonds is 4. The minimum Gasteiger partial charge on any atom is -0.477 e. The van der Waals surface area contributed by atoms with Crippen LogP contribution in [0.15, 0.2) is 11.0 Å². The van der Waals surface area contributed by atoms with Gasteiger partial charge in [-0.1, -0.05) is 11.6 Å². The van der Waals surface area contributed by atoms with Gasteiger partial charge in [-0.05, 0) is 18.5 Å². The molecule has 0 amide bonds. The molecule has 22 heavy (non-hydrogen) atoms. The van der Waals surface area contributed by atoms with Crippen molar-refractivity contribution in [1.29, 1.82) is 0 Å². The molecule has 0 spiro atoms. The van der Waals surface area contributed by atoms with Gasteiger partial charge in [0, 0.05) is 25.0 Å². The highest BCUT2D eigenvalue weighted by Crippen LogP contribution is 2.42. The van der Waals surface area contributed by atoms with Crippen LogP contribution in [0, 0.1) is 11.3 Å². The second-order valence-electron chi connectivity index (χ2n) is 5.69. The Morgan fingerprint density at radius 1 is 1.59 bits per heavy atom.